The van der Waals surface area contributed by atoms with E-state index in [1.54, 1.807) is 6.07 Å². The molecule has 0 atom stereocenters. The van der Waals surface area contributed by atoms with Crippen LogP contribution in [0.5, 0.6) is 0 Å². The summed E-state index contributed by atoms with van der Waals surface area (Å²) < 4.78 is 26.8. The lowest BCUT2D eigenvalue weighted by Gasteiger charge is -2.08. The van der Waals surface area contributed by atoms with Gasteiger partial charge in [0, 0.05) is 18.7 Å². The molecule has 0 aliphatic rings. The lowest BCUT2D eigenvalue weighted by atomic mass is 10.1. The van der Waals surface area contributed by atoms with Gasteiger partial charge in [0.25, 0.3) is 5.69 Å². The van der Waals surface area contributed by atoms with E-state index < -0.39 is 14.9 Å². The van der Waals surface area contributed by atoms with Crippen molar-refractivity contribution in [3.63, 3.8) is 0 Å². The number of nitrogens with zero attached hydrogens (tertiary/aromatic N) is 1. The van der Waals surface area contributed by atoms with Gasteiger partial charge >= 0.3 is 0 Å². The zero-order chi connectivity index (χ0) is 17.0. The van der Waals surface area contributed by atoms with Crippen LogP contribution < -0.4 is 4.72 Å². The van der Waals surface area contributed by atoms with Gasteiger partial charge in [-0.05, 0) is 25.0 Å². The molecular weight excluding hydrogens is 316 g/mol. The van der Waals surface area contributed by atoms with Crippen molar-refractivity contribution in [3.05, 3.63) is 74.8 Å². The van der Waals surface area contributed by atoms with Crippen LogP contribution in [0.4, 0.5) is 5.69 Å². The molecule has 7 heteroatoms. The molecule has 2 aromatic carbocycles. The van der Waals surface area contributed by atoms with Crippen molar-refractivity contribution in [1.82, 2.24) is 4.72 Å². The fraction of sp³-hybridized carbons (Fsp3) is 0.250. The van der Waals surface area contributed by atoms with E-state index in [1.165, 1.54) is 18.2 Å². The van der Waals surface area contributed by atoms with Crippen LogP contribution in [0.15, 0.2) is 42.5 Å². The van der Waals surface area contributed by atoms with Gasteiger partial charge in [-0.1, -0.05) is 41.5 Å². The normalized spacial score (nSPS) is 11.4. The molecule has 0 amide bonds. The van der Waals surface area contributed by atoms with Crippen LogP contribution in [-0.2, 0) is 22.3 Å². The molecular formula is C16H18N2O4S. The maximum absolute atomic E-state index is 12.1. The number of sulfonamides is 1. The Hall–Kier alpha value is -2.25. The number of hydrogen-bond donors (Lipinski definition) is 1. The van der Waals surface area contributed by atoms with E-state index >= 15 is 0 Å². The van der Waals surface area contributed by atoms with Gasteiger partial charge in [-0.15, -0.1) is 0 Å². The summed E-state index contributed by atoms with van der Waals surface area (Å²) in [6.45, 7) is 4.10. The fourth-order valence-electron chi connectivity index (χ4n) is 2.39. The molecule has 0 unspecified atom stereocenters. The molecule has 0 radical (unpaired) electrons. The third kappa shape index (κ3) is 5.15. The SMILES string of the molecule is Cc1cc(C)cc(CNS(=O)(=O)Cc2cccc([N+](=O)[O-])c2)c1. The Bertz CT molecular complexity index is 811. The van der Waals surface area contributed by atoms with Crippen molar-refractivity contribution in [3.8, 4) is 0 Å². The number of nitro groups is 1. The van der Waals surface area contributed by atoms with Crippen LogP contribution in [0.2, 0.25) is 0 Å². The zero-order valence-corrected chi connectivity index (χ0v) is 13.8. The number of non-ortho nitro benzene ring substituents is 1. The summed E-state index contributed by atoms with van der Waals surface area (Å²) in [4.78, 5) is 10.2. The van der Waals surface area contributed by atoms with Crippen molar-refractivity contribution >= 4 is 15.7 Å². The van der Waals surface area contributed by atoms with E-state index in [-0.39, 0.29) is 18.0 Å². The first kappa shape index (κ1) is 17.1. The molecule has 0 heterocycles. The molecule has 0 fully saturated rings. The smallest absolute Gasteiger partial charge is 0.258 e. The first-order valence-electron chi connectivity index (χ1n) is 7.03. The van der Waals surface area contributed by atoms with Crippen molar-refractivity contribution in [2.45, 2.75) is 26.1 Å². The van der Waals surface area contributed by atoms with E-state index in [0.717, 1.165) is 16.7 Å². The molecule has 0 saturated carbocycles. The quantitative estimate of drug-likeness (QED) is 0.650. The van der Waals surface area contributed by atoms with Gasteiger partial charge < -0.3 is 0 Å². The van der Waals surface area contributed by atoms with Gasteiger partial charge in [0.15, 0.2) is 0 Å². The monoisotopic (exact) mass is 334 g/mol. The average molecular weight is 334 g/mol. The van der Waals surface area contributed by atoms with Gasteiger partial charge in [-0.25, -0.2) is 13.1 Å². The first-order chi connectivity index (χ1) is 10.7. The Kier molecular flexibility index (Phi) is 5.12. The van der Waals surface area contributed by atoms with Crippen LogP contribution in [0.25, 0.3) is 0 Å². The molecule has 23 heavy (non-hydrogen) atoms. The number of hydrogen-bond acceptors (Lipinski definition) is 4. The van der Waals surface area contributed by atoms with Crippen LogP contribution in [0.1, 0.15) is 22.3 Å². The molecule has 0 saturated heterocycles. The van der Waals surface area contributed by atoms with E-state index in [0.29, 0.717) is 5.56 Å². The maximum atomic E-state index is 12.1. The molecule has 0 aromatic heterocycles. The molecule has 122 valence electrons. The second kappa shape index (κ2) is 6.89. The minimum Gasteiger partial charge on any atom is -0.258 e. The highest BCUT2D eigenvalue weighted by Crippen LogP contribution is 2.15. The van der Waals surface area contributed by atoms with Crippen LogP contribution >= 0.6 is 0 Å². The predicted octanol–water partition coefficient (Wildman–Crippen LogP) is 2.83. The molecule has 0 aliphatic carbocycles. The molecule has 0 spiro atoms. The minimum atomic E-state index is -3.57. The van der Waals surface area contributed by atoms with Gasteiger partial charge in [-0.2, -0.15) is 0 Å². The molecule has 2 rings (SSSR count). The molecule has 1 N–H and O–H groups in total. The van der Waals surface area contributed by atoms with Crippen LogP contribution in [0.3, 0.4) is 0 Å². The summed E-state index contributed by atoms with van der Waals surface area (Å²) in [6.07, 6.45) is 0. The highest BCUT2D eigenvalue weighted by Gasteiger charge is 2.14. The third-order valence-electron chi connectivity index (χ3n) is 3.26. The average Bonchev–Trinajstić information content (AvgIpc) is 2.44. The van der Waals surface area contributed by atoms with E-state index in [1.807, 2.05) is 32.0 Å². The third-order valence-corrected chi connectivity index (χ3v) is 4.55. The fourth-order valence-corrected chi connectivity index (χ4v) is 3.50. The predicted molar refractivity (Wildman–Crippen MR) is 88.5 cm³/mol. The lowest BCUT2D eigenvalue weighted by Crippen LogP contribution is -2.24. The molecule has 6 nitrogen and oxygen atoms in total. The molecule has 0 aliphatic heterocycles. The Morgan fingerprint density at radius 1 is 1.04 bits per heavy atom. The second-order valence-corrected chi connectivity index (χ2v) is 7.31. The summed E-state index contributed by atoms with van der Waals surface area (Å²) in [6, 6.07) is 11.5. The van der Waals surface area contributed by atoms with Crippen molar-refractivity contribution in [1.29, 1.82) is 0 Å². The second-order valence-electron chi connectivity index (χ2n) is 5.50. The Morgan fingerprint density at radius 2 is 1.70 bits per heavy atom. The minimum absolute atomic E-state index is 0.119. The van der Waals surface area contributed by atoms with Crippen LogP contribution in [0, 0.1) is 24.0 Å². The Labute approximate surface area is 135 Å². The molecule has 0 bridgehead atoms. The van der Waals surface area contributed by atoms with E-state index in [9.17, 15) is 18.5 Å². The summed E-state index contributed by atoms with van der Waals surface area (Å²) in [7, 11) is -3.57. The number of nitrogens with one attached hydrogen (secondary N) is 1. The Balaban J connectivity index is 2.07. The zero-order valence-electron chi connectivity index (χ0n) is 12.9. The first-order valence-corrected chi connectivity index (χ1v) is 8.68. The van der Waals surface area contributed by atoms with E-state index in [2.05, 4.69) is 4.72 Å². The highest BCUT2D eigenvalue weighted by molar-refractivity contribution is 7.88. The Morgan fingerprint density at radius 3 is 2.30 bits per heavy atom. The van der Waals surface area contributed by atoms with Gasteiger partial charge in [-0.3, -0.25) is 10.1 Å². The molecule has 2 aromatic rings. The van der Waals surface area contributed by atoms with Crippen LogP contribution in [-0.4, -0.2) is 13.3 Å². The topological polar surface area (TPSA) is 89.3 Å². The van der Waals surface area contributed by atoms with Crippen molar-refractivity contribution in [2.75, 3.05) is 0 Å². The number of rotatable bonds is 6. The summed E-state index contributed by atoms with van der Waals surface area (Å²) in [5, 5.41) is 10.7. The summed E-state index contributed by atoms with van der Waals surface area (Å²) in [5.74, 6) is -0.292. The highest BCUT2D eigenvalue weighted by atomic mass is 32.2. The maximum Gasteiger partial charge on any atom is 0.269 e. The van der Waals surface area contributed by atoms with Crippen molar-refractivity contribution in [2.24, 2.45) is 0 Å². The standard InChI is InChI=1S/C16H18N2O4S/c1-12-6-13(2)8-15(7-12)10-17-23(21,22)11-14-4-3-5-16(9-14)18(19)20/h3-9,17H,10-11H2,1-2H3. The van der Waals surface area contributed by atoms with Crippen molar-refractivity contribution < 1.29 is 13.3 Å². The van der Waals surface area contributed by atoms with Gasteiger partial charge in [0.05, 0.1) is 10.7 Å². The summed E-state index contributed by atoms with van der Waals surface area (Å²) >= 11 is 0. The number of nitro benzene ring substituents is 1. The van der Waals surface area contributed by atoms with Gasteiger partial charge in [0.1, 0.15) is 0 Å². The van der Waals surface area contributed by atoms with E-state index in [4.69, 9.17) is 0 Å². The largest absolute Gasteiger partial charge is 0.269 e. The lowest BCUT2D eigenvalue weighted by molar-refractivity contribution is -0.384. The summed E-state index contributed by atoms with van der Waals surface area (Å²) in [5.41, 5.74) is 3.28. The van der Waals surface area contributed by atoms with Gasteiger partial charge in [0.2, 0.25) is 10.0 Å². The number of aryl methyl sites for hydroxylation is 2. The number of benzene rings is 2.